The summed E-state index contributed by atoms with van der Waals surface area (Å²) >= 11 is 0. The van der Waals surface area contributed by atoms with Crippen LogP contribution in [0.25, 0.3) is 101 Å². The van der Waals surface area contributed by atoms with Gasteiger partial charge in [-0.05, 0) is 51.6 Å². The van der Waals surface area contributed by atoms with Gasteiger partial charge in [-0.2, -0.15) is 0 Å². The fourth-order valence-corrected chi connectivity index (χ4v) is 7.53. The van der Waals surface area contributed by atoms with E-state index < -0.39 is 0 Å². The molecule has 0 aliphatic rings. The Morgan fingerprint density at radius 3 is 1.36 bits per heavy atom. The predicted octanol–water partition coefficient (Wildman–Crippen LogP) is 13.2. The summed E-state index contributed by atoms with van der Waals surface area (Å²) in [5, 5.41) is 1.03. The topological polar surface area (TPSA) is 64.5 Å². The molecule has 0 atom stereocenters. The van der Waals surface area contributed by atoms with E-state index in [0.717, 1.165) is 77.8 Å². The lowest BCUT2D eigenvalue weighted by molar-refractivity contribution is 1.07. The lowest BCUT2D eigenvalue weighted by atomic mass is 9.89. The normalized spacial score (nSPS) is 11.1. The average Bonchev–Trinajstić information content (AvgIpc) is 3.32. The molecule has 0 spiro atoms. The molecule has 10 rings (SSSR count). The molecule has 8 aromatic carbocycles. The molecule has 0 bridgehead atoms. The molecule has 272 valence electrons. The van der Waals surface area contributed by atoms with Gasteiger partial charge in [0.2, 0.25) is 0 Å². The van der Waals surface area contributed by atoms with Crippen molar-refractivity contribution in [3.05, 3.63) is 212 Å². The van der Waals surface area contributed by atoms with Crippen LogP contribution in [-0.4, -0.2) is 24.9 Å². The Kier molecular flexibility index (Phi) is 9.14. The zero-order valence-corrected chi connectivity index (χ0v) is 31.4. The van der Waals surface area contributed by atoms with Crippen LogP contribution in [0.1, 0.15) is 0 Å². The van der Waals surface area contributed by atoms with Gasteiger partial charge in [0.1, 0.15) is 0 Å². The third-order valence-electron chi connectivity index (χ3n) is 10.4. The maximum atomic E-state index is 5.17. The first-order valence-electron chi connectivity index (χ1n) is 19.3. The Hall–Kier alpha value is -7.89. The molecule has 10 aromatic rings. The minimum atomic E-state index is 0.617. The molecule has 0 aliphatic heterocycles. The van der Waals surface area contributed by atoms with Crippen molar-refractivity contribution >= 4 is 10.9 Å². The van der Waals surface area contributed by atoms with E-state index in [9.17, 15) is 0 Å². The quantitative estimate of drug-likeness (QED) is 0.155. The Morgan fingerprint density at radius 2 is 0.690 bits per heavy atom. The summed E-state index contributed by atoms with van der Waals surface area (Å²) in [4.78, 5) is 25.3. The van der Waals surface area contributed by atoms with Crippen molar-refractivity contribution in [1.29, 1.82) is 0 Å². The van der Waals surface area contributed by atoms with Gasteiger partial charge in [0, 0.05) is 33.2 Å². The van der Waals surface area contributed by atoms with E-state index in [2.05, 4.69) is 115 Å². The number of aromatic nitrogens is 5. The van der Waals surface area contributed by atoms with Crippen molar-refractivity contribution in [2.24, 2.45) is 0 Å². The molecule has 0 radical (unpaired) electrons. The Balaban J connectivity index is 1.10. The van der Waals surface area contributed by atoms with Crippen LogP contribution in [-0.2, 0) is 0 Å². The van der Waals surface area contributed by atoms with Gasteiger partial charge in [-0.1, -0.05) is 194 Å². The number of hydrogen-bond donors (Lipinski definition) is 0. The second-order valence-electron chi connectivity index (χ2n) is 14.1. The van der Waals surface area contributed by atoms with Crippen molar-refractivity contribution in [1.82, 2.24) is 24.9 Å². The third-order valence-corrected chi connectivity index (χ3v) is 10.4. The van der Waals surface area contributed by atoms with Crippen LogP contribution in [0, 0.1) is 0 Å². The highest BCUT2D eigenvalue weighted by Crippen LogP contribution is 2.40. The van der Waals surface area contributed by atoms with Crippen LogP contribution in [0.4, 0.5) is 0 Å². The van der Waals surface area contributed by atoms with Gasteiger partial charge in [-0.25, -0.2) is 24.9 Å². The van der Waals surface area contributed by atoms with Gasteiger partial charge in [-0.3, -0.25) is 0 Å². The van der Waals surface area contributed by atoms with Gasteiger partial charge < -0.3 is 0 Å². The zero-order valence-electron chi connectivity index (χ0n) is 31.4. The Morgan fingerprint density at radius 1 is 0.224 bits per heavy atom. The molecule has 58 heavy (non-hydrogen) atoms. The minimum Gasteiger partial charge on any atom is -0.228 e. The molecule has 2 aromatic heterocycles. The number of para-hydroxylation sites is 1. The molecule has 5 heteroatoms. The highest BCUT2D eigenvalue weighted by Gasteiger charge is 2.18. The molecule has 0 unspecified atom stereocenters. The first-order valence-corrected chi connectivity index (χ1v) is 19.3. The summed E-state index contributed by atoms with van der Waals surface area (Å²) in [7, 11) is 0. The van der Waals surface area contributed by atoms with Gasteiger partial charge in [0.25, 0.3) is 0 Å². The summed E-state index contributed by atoms with van der Waals surface area (Å²) in [5.74, 6) is 2.57. The van der Waals surface area contributed by atoms with E-state index >= 15 is 0 Å². The molecule has 0 N–H and O–H groups in total. The second kappa shape index (κ2) is 15.3. The molecule has 0 fully saturated rings. The molecule has 0 amide bonds. The summed E-state index contributed by atoms with van der Waals surface area (Å²) in [6, 6.07) is 72.9. The number of benzene rings is 8. The molecule has 0 aliphatic carbocycles. The van der Waals surface area contributed by atoms with Crippen molar-refractivity contribution in [3.63, 3.8) is 0 Å². The van der Waals surface area contributed by atoms with Crippen LogP contribution < -0.4 is 0 Å². The van der Waals surface area contributed by atoms with Crippen molar-refractivity contribution in [3.8, 4) is 90.2 Å². The lowest BCUT2D eigenvalue weighted by Gasteiger charge is -2.16. The van der Waals surface area contributed by atoms with Gasteiger partial charge in [-0.15, -0.1) is 0 Å². The van der Waals surface area contributed by atoms with Gasteiger partial charge >= 0.3 is 0 Å². The number of fused-ring (bicyclic) bond motifs is 1. The minimum absolute atomic E-state index is 0.617. The van der Waals surface area contributed by atoms with Crippen molar-refractivity contribution in [2.45, 2.75) is 0 Å². The smallest absolute Gasteiger partial charge is 0.164 e. The molecular formula is C53H35N5. The summed E-state index contributed by atoms with van der Waals surface area (Å²) < 4.78 is 0. The summed E-state index contributed by atoms with van der Waals surface area (Å²) in [5.41, 5.74) is 13.1. The fourth-order valence-electron chi connectivity index (χ4n) is 7.53. The van der Waals surface area contributed by atoms with Gasteiger partial charge in [0.15, 0.2) is 23.3 Å². The van der Waals surface area contributed by atoms with E-state index in [4.69, 9.17) is 24.9 Å². The van der Waals surface area contributed by atoms with Crippen LogP contribution in [0.5, 0.6) is 0 Å². The Bertz CT molecular complexity index is 2980. The lowest BCUT2D eigenvalue weighted by Crippen LogP contribution is -2.01. The van der Waals surface area contributed by atoms with E-state index in [0.29, 0.717) is 23.3 Å². The van der Waals surface area contributed by atoms with Crippen LogP contribution >= 0.6 is 0 Å². The maximum absolute atomic E-state index is 5.17. The number of rotatable bonds is 8. The molecule has 0 saturated carbocycles. The summed E-state index contributed by atoms with van der Waals surface area (Å²) in [6.45, 7) is 0. The van der Waals surface area contributed by atoms with Crippen molar-refractivity contribution < 1.29 is 0 Å². The van der Waals surface area contributed by atoms with Crippen LogP contribution in [0.3, 0.4) is 0 Å². The standard InChI is InChI=1S/C53H35N5/c1-5-18-36(19-6-1)47-35-41(43-28-13-14-29-45(43)53-57-50(38-22-9-3-10-23-38)56-51(58-53)39-24-11-4-12-25-39)32-33-44(47)40-26-17-27-42(34-40)52-54-48-31-16-15-30-46(48)49(55-52)37-20-7-2-8-21-37/h1-35H. The molecule has 5 nitrogen and oxygen atoms in total. The highest BCUT2D eigenvalue weighted by atomic mass is 15.0. The monoisotopic (exact) mass is 741 g/mol. The Labute approximate surface area is 337 Å². The summed E-state index contributed by atoms with van der Waals surface area (Å²) in [6.07, 6.45) is 0. The first kappa shape index (κ1) is 34.6. The van der Waals surface area contributed by atoms with Crippen LogP contribution in [0.15, 0.2) is 212 Å². The third kappa shape index (κ3) is 6.82. The predicted molar refractivity (Wildman–Crippen MR) is 236 cm³/mol. The maximum Gasteiger partial charge on any atom is 0.164 e. The zero-order chi connectivity index (χ0) is 38.7. The SMILES string of the molecule is c1ccc(-c2nc(-c3ccccc3)nc(-c3ccccc3-c3ccc(-c4cccc(-c5nc(-c6ccccc6)c6ccccc6n5)c4)c(-c4ccccc4)c3)n2)cc1. The largest absolute Gasteiger partial charge is 0.228 e. The number of nitrogens with zero attached hydrogens (tertiary/aromatic N) is 5. The van der Waals surface area contributed by atoms with Gasteiger partial charge in [0.05, 0.1) is 11.2 Å². The molecule has 2 heterocycles. The van der Waals surface area contributed by atoms with E-state index in [1.54, 1.807) is 0 Å². The van der Waals surface area contributed by atoms with E-state index in [-0.39, 0.29) is 0 Å². The van der Waals surface area contributed by atoms with Crippen molar-refractivity contribution in [2.75, 3.05) is 0 Å². The average molecular weight is 742 g/mol. The van der Waals surface area contributed by atoms with E-state index in [1.165, 1.54) is 0 Å². The van der Waals surface area contributed by atoms with Crippen LogP contribution in [0.2, 0.25) is 0 Å². The fraction of sp³-hybridized carbons (Fsp3) is 0. The first-order chi connectivity index (χ1) is 28.7. The molecular weight excluding hydrogens is 707 g/mol. The van der Waals surface area contributed by atoms with E-state index in [1.807, 2.05) is 97.1 Å². The second-order valence-corrected chi connectivity index (χ2v) is 14.1. The number of hydrogen-bond acceptors (Lipinski definition) is 5. The molecule has 0 saturated heterocycles. The highest BCUT2D eigenvalue weighted by molar-refractivity contribution is 5.94.